The van der Waals surface area contributed by atoms with E-state index in [1.54, 1.807) is 11.3 Å². The summed E-state index contributed by atoms with van der Waals surface area (Å²) >= 11 is 1.78. The van der Waals surface area contributed by atoms with E-state index in [1.807, 2.05) is 0 Å². The molecule has 0 amide bonds. The first-order chi connectivity index (χ1) is 7.08. The van der Waals surface area contributed by atoms with Gasteiger partial charge in [0, 0.05) is 9.75 Å². The third-order valence-electron chi connectivity index (χ3n) is 3.15. The maximum Gasteiger partial charge on any atom is 0.0803 e. The highest BCUT2D eigenvalue weighted by Crippen LogP contribution is 2.31. The number of hydrogen-bond acceptors (Lipinski definition) is 2. The zero-order valence-corrected chi connectivity index (χ0v) is 11.0. The maximum atomic E-state index is 10.2. The Bertz CT molecular complexity index is 299. The summed E-state index contributed by atoms with van der Waals surface area (Å²) in [5.41, 5.74) is 1.14. The average Bonchev–Trinajstić information content (AvgIpc) is 2.54. The van der Waals surface area contributed by atoms with Crippen LogP contribution in [0.3, 0.4) is 0 Å². The molecule has 0 aliphatic heterocycles. The minimum absolute atomic E-state index is 0.264. The van der Waals surface area contributed by atoms with Crippen LogP contribution in [0.5, 0.6) is 0 Å². The van der Waals surface area contributed by atoms with Crippen LogP contribution in [0.1, 0.15) is 54.5 Å². The number of aliphatic hydroxyl groups is 1. The molecular formula is C13H22OS. The highest BCUT2D eigenvalue weighted by atomic mass is 32.1. The Labute approximate surface area is 97.2 Å². The van der Waals surface area contributed by atoms with Crippen LogP contribution in [0.2, 0.25) is 0 Å². The maximum absolute atomic E-state index is 10.2. The number of rotatable bonds is 5. The first-order valence-electron chi connectivity index (χ1n) is 5.83. The van der Waals surface area contributed by atoms with E-state index in [1.165, 1.54) is 9.75 Å². The van der Waals surface area contributed by atoms with Crippen LogP contribution in [-0.2, 0) is 0 Å². The molecule has 0 radical (unpaired) electrons. The van der Waals surface area contributed by atoms with Gasteiger partial charge in [-0.3, -0.25) is 0 Å². The van der Waals surface area contributed by atoms with Gasteiger partial charge in [-0.05, 0) is 37.8 Å². The molecule has 1 heterocycles. The fourth-order valence-electron chi connectivity index (χ4n) is 2.05. The summed E-state index contributed by atoms with van der Waals surface area (Å²) in [4.78, 5) is 2.57. The summed E-state index contributed by atoms with van der Waals surface area (Å²) in [6.07, 6.45) is 2.97. The Kier molecular flexibility index (Phi) is 4.81. The van der Waals surface area contributed by atoms with Crippen LogP contribution < -0.4 is 0 Å². The summed E-state index contributed by atoms with van der Waals surface area (Å²) in [5.74, 6) is 0.652. The zero-order valence-electron chi connectivity index (χ0n) is 10.2. The largest absolute Gasteiger partial charge is 0.388 e. The molecule has 0 aromatic carbocycles. The normalized spacial score (nSPS) is 13.5. The van der Waals surface area contributed by atoms with Crippen molar-refractivity contribution in [1.29, 1.82) is 0 Å². The smallest absolute Gasteiger partial charge is 0.0803 e. The van der Waals surface area contributed by atoms with Crippen molar-refractivity contribution in [2.45, 2.75) is 53.1 Å². The molecular weight excluding hydrogens is 204 g/mol. The SMILES string of the molecule is CCC(CC)CC(O)c1cc(C)sc1C. The van der Waals surface area contributed by atoms with Crippen molar-refractivity contribution in [2.24, 2.45) is 5.92 Å². The van der Waals surface area contributed by atoms with Crippen LogP contribution in [0.25, 0.3) is 0 Å². The number of aliphatic hydroxyl groups excluding tert-OH is 1. The third kappa shape index (κ3) is 3.32. The standard InChI is InChI=1S/C13H22OS/c1-5-11(6-2)8-13(14)12-7-9(3)15-10(12)4/h7,11,13-14H,5-6,8H2,1-4H3. The van der Waals surface area contributed by atoms with E-state index in [2.05, 4.69) is 33.8 Å². The average molecular weight is 226 g/mol. The van der Waals surface area contributed by atoms with Gasteiger partial charge in [-0.15, -0.1) is 11.3 Å². The minimum atomic E-state index is -0.264. The lowest BCUT2D eigenvalue weighted by Crippen LogP contribution is -2.06. The molecule has 1 aromatic heterocycles. The highest BCUT2D eigenvalue weighted by molar-refractivity contribution is 7.12. The van der Waals surface area contributed by atoms with Crippen LogP contribution in [0.4, 0.5) is 0 Å². The molecule has 1 atom stereocenters. The Morgan fingerprint density at radius 2 is 1.87 bits per heavy atom. The van der Waals surface area contributed by atoms with E-state index >= 15 is 0 Å². The second-order valence-electron chi connectivity index (χ2n) is 4.30. The van der Waals surface area contributed by atoms with E-state index in [4.69, 9.17) is 0 Å². The van der Waals surface area contributed by atoms with Crippen molar-refractivity contribution in [3.8, 4) is 0 Å². The van der Waals surface area contributed by atoms with Gasteiger partial charge in [0.05, 0.1) is 6.10 Å². The second-order valence-corrected chi connectivity index (χ2v) is 5.76. The number of aryl methyl sites for hydroxylation is 2. The predicted octanol–water partition coefficient (Wildman–Crippen LogP) is 4.22. The molecule has 0 aliphatic carbocycles. The van der Waals surface area contributed by atoms with Gasteiger partial charge < -0.3 is 5.11 Å². The summed E-state index contributed by atoms with van der Waals surface area (Å²) in [6, 6.07) is 2.13. The predicted molar refractivity (Wildman–Crippen MR) is 67.4 cm³/mol. The second kappa shape index (κ2) is 5.66. The molecule has 0 aliphatic rings. The van der Waals surface area contributed by atoms with E-state index in [-0.39, 0.29) is 6.10 Å². The summed E-state index contributed by atoms with van der Waals surface area (Å²) in [5, 5.41) is 10.2. The molecule has 15 heavy (non-hydrogen) atoms. The first kappa shape index (κ1) is 12.7. The number of thiophene rings is 1. The summed E-state index contributed by atoms with van der Waals surface area (Å²) in [7, 11) is 0. The van der Waals surface area contributed by atoms with Gasteiger partial charge >= 0.3 is 0 Å². The van der Waals surface area contributed by atoms with Crippen molar-refractivity contribution in [1.82, 2.24) is 0 Å². The Balaban J connectivity index is 2.67. The minimum Gasteiger partial charge on any atom is -0.388 e. The zero-order chi connectivity index (χ0) is 11.4. The lowest BCUT2D eigenvalue weighted by atomic mass is 9.93. The molecule has 0 bridgehead atoms. The molecule has 0 saturated heterocycles. The quantitative estimate of drug-likeness (QED) is 0.797. The Morgan fingerprint density at radius 3 is 2.27 bits per heavy atom. The monoisotopic (exact) mass is 226 g/mol. The topological polar surface area (TPSA) is 20.2 Å². The van der Waals surface area contributed by atoms with Crippen LogP contribution in [0, 0.1) is 19.8 Å². The lowest BCUT2D eigenvalue weighted by Gasteiger charge is -2.17. The third-order valence-corrected chi connectivity index (χ3v) is 4.13. The molecule has 1 N–H and O–H groups in total. The molecule has 1 aromatic rings. The van der Waals surface area contributed by atoms with Gasteiger partial charge in [0.2, 0.25) is 0 Å². The summed E-state index contributed by atoms with van der Waals surface area (Å²) < 4.78 is 0. The Hall–Kier alpha value is -0.340. The lowest BCUT2D eigenvalue weighted by molar-refractivity contribution is 0.141. The van der Waals surface area contributed by atoms with Gasteiger partial charge in [-0.2, -0.15) is 0 Å². The molecule has 2 heteroatoms. The molecule has 86 valence electrons. The molecule has 0 fully saturated rings. The van der Waals surface area contributed by atoms with Crippen molar-refractivity contribution < 1.29 is 5.11 Å². The van der Waals surface area contributed by atoms with E-state index in [9.17, 15) is 5.11 Å². The summed E-state index contributed by atoms with van der Waals surface area (Å²) in [6.45, 7) is 8.60. The molecule has 0 spiro atoms. The van der Waals surface area contributed by atoms with Gasteiger partial charge in [0.25, 0.3) is 0 Å². The Morgan fingerprint density at radius 1 is 1.27 bits per heavy atom. The van der Waals surface area contributed by atoms with Crippen LogP contribution >= 0.6 is 11.3 Å². The number of hydrogen-bond donors (Lipinski definition) is 1. The first-order valence-corrected chi connectivity index (χ1v) is 6.65. The molecule has 1 rings (SSSR count). The van der Waals surface area contributed by atoms with Gasteiger partial charge in [-0.1, -0.05) is 26.7 Å². The van der Waals surface area contributed by atoms with Gasteiger partial charge in [0.1, 0.15) is 0 Å². The fourth-order valence-corrected chi connectivity index (χ4v) is 3.03. The fraction of sp³-hybridized carbons (Fsp3) is 0.692. The molecule has 0 saturated carbocycles. The van der Waals surface area contributed by atoms with Crippen LogP contribution in [0.15, 0.2) is 6.07 Å². The van der Waals surface area contributed by atoms with Gasteiger partial charge in [0.15, 0.2) is 0 Å². The van der Waals surface area contributed by atoms with E-state index < -0.39 is 0 Å². The molecule has 1 unspecified atom stereocenters. The van der Waals surface area contributed by atoms with Crippen molar-refractivity contribution in [3.63, 3.8) is 0 Å². The van der Waals surface area contributed by atoms with Crippen molar-refractivity contribution >= 4 is 11.3 Å². The van der Waals surface area contributed by atoms with E-state index in [0.717, 1.165) is 24.8 Å². The van der Waals surface area contributed by atoms with E-state index in [0.29, 0.717) is 5.92 Å². The van der Waals surface area contributed by atoms with Gasteiger partial charge in [-0.25, -0.2) is 0 Å². The van der Waals surface area contributed by atoms with Crippen LogP contribution in [-0.4, -0.2) is 5.11 Å². The van der Waals surface area contributed by atoms with Crippen molar-refractivity contribution in [3.05, 3.63) is 21.4 Å². The highest BCUT2D eigenvalue weighted by Gasteiger charge is 2.16. The van der Waals surface area contributed by atoms with Crippen molar-refractivity contribution in [2.75, 3.05) is 0 Å². The molecule has 1 nitrogen and oxygen atoms in total.